The molecule has 198 valence electrons. The lowest BCUT2D eigenvalue weighted by molar-refractivity contribution is -0.137. The van der Waals surface area contributed by atoms with Gasteiger partial charge in [-0.05, 0) is 79.1 Å². The molecule has 7 nitrogen and oxygen atoms in total. The number of fused-ring (bicyclic) bond motifs is 2. The highest BCUT2D eigenvalue weighted by Crippen LogP contribution is 2.46. The number of nitrogens with zero attached hydrogens (tertiary/aromatic N) is 4. The third-order valence-electron chi connectivity index (χ3n) is 7.43. The molecule has 0 aliphatic carbocycles. The van der Waals surface area contributed by atoms with Crippen LogP contribution in [0.1, 0.15) is 34.5 Å². The normalized spacial score (nSPS) is 16.3. The largest absolute Gasteiger partial charge is 0.416 e. The smallest absolute Gasteiger partial charge is 0.337 e. The standard InChI is InChI=1S/C28H21BrF3N5O2/c29-19-3-6-22-21(15-19)27(26(39)34-22)9-13-36(14-10-27)25(38)23-16-24(17-7-11-33-12-8-17)37(35-23)20-4-1-18(2-5-20)28(30,31)32/h1-8,11-12,15-16H,9-10,13-14H2,(H,34,39). The third kappa shape index (κ3) is 4.40. The van der Waals surface area contributed by atoms with Gasteiger partial charge in [-0.3, -0.25) is 14.6 Å². The van der Waals surface area contributed by atoms with Gasteiger partial charge in [0.2, 0.25) is 5.91 Å². The van der Waals surface area contributed by atoms with E-state index in [0.717, 1.165) is 27.9 Å². The quantitative estimate of drug-likeness (QED) is 0.322. The predicted octanol–water partition coefficient (Wildman–Crippen LogP) is 5.84. The number of piperidine rings is 1. The van der Waals surface area contributed by atoms with Crippen LogP contribution in [0.4, 0.5) is 18.9 Å². The number of alkyl halides is 3. The number of hydrogen-bond acceptors (Lipinski definition) is 4. The van der Waals surface area contributed by atoms with Gasteiger partial charge in [-0.2, -0.15) is 18.3 Å². The van der Waals surface area contributed by atoms with Crippen molar-refractivity contribution in [3.05, 3.63) is 94.4 Å². The van der Waals surface area contributed by atoms with Gasteiger partial charge in [0, 0.05) is 41.2 Å². The fourth-order valence-corrected chi connectivity index (χ4v) is 5.70. The lowest BCUT2D eigenvalue weighted by Gasteiger charge is -2.37. The molecule has 11 heteroatoms. The van der Waals surface area contributed by atoms with E-state index in [1.165, 1.54) is 16.8 Å². The number of likely N-dealkylation sites (tertiary alicyclic amines) is 1. The highest BCUT2D eigenvalue weighted by atomic mass is 79.9. The number of hydrogen-bond donors (Lipinski definition) is 1. The van der Waals surface area contributed by atoms with Crippen molar-refractivity contribution < 1.29 is 22.8 Å². The molecule has 0 saturated carbocycles. The maximum Gasteiger partial charge on any atom is 0.416 e. The minimum Gasteiger partial charge on any atom is -0.337 e. The van der Waals surface area contributed by atoms with E-state index in [9.17, 15) is 22.8 Å². The molecule has 2 aliphatic rings. The van der Waals surface area contributed by atoms with Gasteiger partial charge in [0.1, 0.15) is 0 Å². The lowest BCUT2D eigenvalue weighted by atomic mass is 9.73. The van der Waals surface area contributed by atoms with Crippen LogP contribution in [0.2, 0.25) is 0 Å². The van der Waals surface area contributed by atoms with Crippen LogP contribution >= 0.6 is 15.9 Å². The third-order valence-corrected chi connectivity index (χ3v) is 7.92. The van der Waals surface area contributed by atoms with Crippen LogP contribution in [-0.2, 0) is 16.4 Å². The molecule has 1 spiro atoms. The number of rotatable bonds is 3. The summed E-state index contributed by atoms with van der Waals surface area (Å²) in [6.07, 6.45) is -0.354. The summed E-state index contributed by atoms with van der Waals surface area (Å²) in [5, 5.41) is 7.48. The molecule has 2 aromatic carbocycles. The van der Waals surface area contributed by atoms with E-state index in [1.54, 1.807) is 35.5 Å². The Morgan fingerprint density at radius 2 is 1.67 bits per heavy atom. The van der Waals surface area contributed by atoms with E-state index < -0.39 is 17.2 Å². The molecule has 1 N–H and O–H groups in total. The van der Waals surface area contributed by atoms with Gasteiger partial charge in [-0.1, -0.05) is 15.9 Å². The Bertz CT molecular complexity index is 1580. The van der Waals surface area contributed by atoms with Crippen molar-refractivity contribution in [2.24, 2.45) is 0 Å². The summed E-state index contributed by atoms with van der Waals surface area (Å²) >= 11 is 3.49. The van der Waals surface area contributed by atoms with Crippen molar-refractivity contribution in [1.82, 2.24) is 19.7 Å². The van der Waals surface area contributed by atoms with Crippen molar-refractivity contribution in [2.45, 2.75) is 24.4 Å². The number of anilines is 1. The summed E-state index contributed by atoms with van der Waals surface area (Å²) in [5.41, 5.74) is 2.06. The first kappa shape index (κ1) is 25.3. The van der Waals surface area contributed by atoms with Crippen LogP contribution in [-0.4, -0.2) is 44.6 Å². The minimum atomic E-state index is -4.46. The molecule has 0 bridgehead atoms. The van der Waals surface area contributed by atoms with Crippen LogP contribution < -0.4 is 5.32 Å². The Morgan fingerprint density at radius 1 is 0.974 bits per heavy atom. The van der Waals surface area contributed by atoms with Gasteiger partial charge in [-0.25, -0.2) is 4.68 Å². The fraction of sp³-hybridized carbons (Fsp3) is 0.214. The average molecular weight is 596 g/mol. The monoisotopic (exact) mass is 595 g/mol. The summed E-state index contributed by atoms with van der Waals surface area (Å²) < 4.78 is 41.7. The number of benzene rings is 2. The van der Waals surface area contributed by atoms with Crippen LogP contribution in [0.5, 0.6) is 0 Å². The van der Waals surface area contributed by atoms with Crippen LogP contribution in [0.3, 0.4) is 0 Å². The maximum atomic E-state index is 13.6. The SMILES string of the molecule is O=C(c1cc(-c2ccncc2)n(-c2ccc(C(F)(F)F)cc2)n1)N1CCC2(CC1)C(=O)Nc1ccc(Br)cc12. The van der Waals surface area contributed by atoms with Crippen molar-refractivity contribution in [2.75, 3.05) is 18.4 Å². The summed E-state index contributed by atoms with van der Waals surface area (Å²) in [6, 6.07) is 15.5. The highest BCUT2D eigenvalue weighted by Gasteiger charge is 2.49. The van der Waals surface area contributed by atoms with E-state index in [1.807, 2.05) is 18.2 Å². The second-order valence-electron chi connectivity index (χ2n) is 9.63. The van der Waals surface area contributed by atoms with Crippen LogP contribution in [0, 0.1) is 0 Å². The second-order valence-corrected chi connectivity index (χ2v) is 10.5. The van der Waals surface area contributed by atoms with E-state index >= 15 is 0 Å². The number of amides is 2. The molecular weight excluding hydrogens is 575 g/mol. The van der Waals surface area contributed by atoms with Crippen molar-refractivity contribution in [1.29, 1.82) is 0 Å². The Kier molecular flexibility index (Phi) is 6.05. The molecule has 39 heavy (non-hydrogen) atoms. The van der Waals surface area contributed by atoms with Crippen LogP contribution in [0.25, 0.3) is 16.9 Å². The van der Waals surface area contributed by atoms with E-state index in [0.29, 0.717) is 42.9 Å². The minimum absolute atomic E-state index is 0.0609. The highest BCUT2D eigenvalue weighted by molar-refractivity contribution is 9.10. The van der Waals surface area contributed by atoms with E-state index in [-0.39, 0.29) is 17.5 Å². The topological polar surface area (TPSA) is 80.1 Å². The summed E-state index contributed by atoms with van der Waals surface area (Å²) in [5.74, 6) is -0.368. The fourth-order valence-electron chi connectivity index (χ4n) is 5.34. The molecule has 4 heterocycles. The molecular formula is C28H21BrF3N5O2. The lowest BCUT2D eigenvalue weighted by Crippen LogP contribution is -2.48. The van der Waals surface area contributed by atoms with Gasteiger partial charge >= 0.3 is 6.18 Å². The number of carbonyl (C=O) groups is 2. The first-order chi connectivity index (χ1) is 18.7. The average Bonchev–Trinajstić information content (AvgIpc) is 3.49. The number of aromatic nitrogens is 3. The zero-order valence-electron chi connectivity index (χ0n) is 20.4. The van der Waals surface area contributed by atoms with Crippen LogP contribution in [0.15, 0.2) is 77.5 Å². The molecule has 1 saturated heterocycles. The Labute approximate surface area is 229 Å². The molecule has 0 unspecified atom stereocenters. The first-order valence-electron chi connectivity index (χ1n) is 12.2. The van der Waals surface area contributed by atoms with Gasteiger partial charge in [-0.15, -0.1) is 0 Å². The molecule has 2 aliphatic heterocycles. The second kappa shape index (κ2) is 9.33. The summed E-state index contributed by atoms with van der Waals surface area (Å²) in [4.78, 5) is 32.3. The number of halogens is 4. The zero-order valence-corrected chi connectivity index (χ0v) is 22.0. The zero-order chi connectivity index (χ0) is 27.4. The Hall–Kier alpha value is -3.99. The predicted molar refractivity (Wildman–Crippen MR) is 141 cm³/mol. The molecule has 0 radical (unpaired) electrons. The number of pyridine rings is 1. The summed E-state index contributed by atoms with van der Waals surface area (Å²) in [6.45, 7) is 0.714. The van der Waals surface area contributed by atoms with Crippen molar-refractivity contribution in [3.8, 4) is 16.9 Å². The number of carbonyl (C=O) groups excluding carboxylic acids is 2. The van der Waals surface area contributed by atoms with Gasteiger partial charge in [0.25, 0.3) is 5.91 Å². The molecule has 4 aromatic rings. The van der Waals surface area contributed by atoms with E-state index in [4.69, 9.17) is 0 Å². The molecule has 6 rings (SSSR count). The van der Waals surface area contributed by atoms with Crippen molar-refractivity contribution in [3.63, 3.8) is 0 Å². The summed E-state index contributed by atoms with van der Waals surface area (Å²) in [7, 11) is 0. The first-order valence-corrected chi connectivity index (χ1v) is 13.0. The maximum absolute atomic E-state index is 13.6. The molecule has 0 atom stereocenters. The molecule has 2 amide bonds. The van der Waals surface area contributed by atoms with Gasteiger partial charge in [0.15, 0.2) is 5.69 Å². The number of nitrogens with one attached hydrogen (secondary N) is 1. The Balaban J connectivity index is 1.30. The van der Waals surface area contributed by atoms with Crippen molar-refractivity contribution >= 4 is 33.4 Å². The molecule has 2 aromatic heterocycles. The Morgan fingerprint density at radius 3 is 2.33 bits per heavy atom. The van der Waals surface area contributed by atoms with Gasteiger partial charge < -0.3 is 10.2 Å². The van der Waals surface area contributed by atoms with E-state index in [2.05, 4.69) is 31.3 Å². The van der Waals surface area contributed by atoms with Gasteiger partial charge in [0.05, 0.1) is 22.4 Å². The molecule has 1 fully saturated rings.